The van der Waals surface area contributed by atoms with Gasteiger partial charge >= 0.3 is 0 Å². The molecule has 3 heterocycles. The van der Waals surface area contributed by atoms with Crippen molar-refractivity contribution in [2.24, 2.45) is 7.05 Å². The quantitative estimate of drug-likeness (QED) is 0.590. The van der Waals surface area contributed by atoms with E-state index in [1.54, 1.807) is 42.0 Å². The highest BCUT2D eigenvalue weighted by Crippen LogP contribution is 2.31. The standard InChI is InChI=1S/C17H17N7O2/c1-23-10-11(9-19-23)15-16-21-17(22-24(16)7-6-18-15)20-12-4-5-13(25-2)14(8-12)26-3/h4-10H,1-3H3,(H,20,22). The minimum absolute atomic E-state index is 0.454. The molecule has 26 heavy (non-hydrogen) atoms. The third-order valence-corrected chi connectivity index (χ3v) is 3.87. The lowest BCUT2D eigenvalue weighted by atomic mass is 10.2. The van der Waals surface area contributed by atoms with E-state index in [-0.39, 0.29) is 0 Å². The molecule has 0 saturated carbocycles. The molecule has 132 valence electrons. The van der Waals surface area contributed by atoms with Crippen molar-refractivity contribution in [2.75, 3.05) is 19.5 Å². The second kappa shape index (κ2) is 6.36. The third-order valence-electron chi connectivity index (χ3n) is 3.87. The van der Waals surface area contributed by atoms with E-state index in [1.165, 1.54) is 0 Å². The van der Waals surface area contributed by atoms with Gasteiger partial charge in [-0.15, -0.1) is 5.10 Å². The van der Waals surface area contributed by atoms with Crippen LogP contribution in [0.15, 0.2) is 43.0 Å². The van der Waals surface area contributed by atoms with Gasteiger partial charge in [-0.2, -0.15) is 10.1 Å². The number of hydrogen-bond donors (Lipinski definition) is 1. The van der Waals surface area contributed by atoms with Gasteiger partial charge in [-0.25, -0.2) is 4.52 Å². The molecule has 0 aliphatic heterocycles. The first-order valence-electron chi connectivity index (χ1n) is 7.87. The number of hydrogen-bond acceptors (Lipinski definition) is 7. The number of rotatable bonds is 5. The van der Waals surface area contributed by atoms with Gasteiger partial charge in [0.05, 0.1) is 20.4 Å². The van der Waals surface area contributed by atoms with Crippen molar-refractivity contribution in [3.8, 4) is 22.8 Å². The van der Waals surface area contributed by atoms with Gasteiger partial charge in [-0.05, 0) is 12.1 Å². The molecular formula is C17H17N7O2. The Morgan fingerprint density at radius 1 is 1.12 bits per heavy atom. The summed E-state index contributed by atoms with van der Waals surface area (Å²) in [6.07, 6.45) is 7.07. The lowest BCUT2D eigenvalue weighted by Crippen LogP contribution is -1.96. The molecule has 0 amide bonds. The van der Waals surface area contributed by atoms with E-state index in [9.17, 15) is 0 Å². The first kappa shape index (κ1) is 15.9. The molecule has 0 aliphatic rings. The van der Waals surface area contributed by atoms with Crippen molar-refractivity contribution < 1.29 is 9.47 Å². The van der Waals surface area contributed by atoms with Crippen LogP contribution in [0.5, 0.6) is 11.5 Å². The molecule has 9 nitrogen and oxygen atoms in total. The van der Waals surface area contributed by atoms with E-state index in [0.717, 1.165) is 11.3 Å². The van der Waals surface area contributed by atoms with E-state index < -0.39 is 0 Å². The van der Waals surface area contributed by atoms with E-state index in [1.807, 2.05) is 31.4 Å². The van der Waals surface area contributed by atoms with Crippen molar-refractivity contribution in [1.29, 1.82) is 0 Å². The maximum Gasteiger partial charge on any atom is 0.247 e. The van der Waals surface area contributed by atoms with Crippen LogP contribution in [0.3, 0.4) is 0 Å². The molecule has 4 aromatic rings. The molecule has 0 radical (unpaired) electrons. The lowest BCUT2D eigenvalue weighted by molar-refractivity contribution is 0.355. The monoisotopic (exact) mass is 351 g/mol. The zero-order valence-corrected chi connectivity index (χ0v) is 14.5. The first-order valence-corrected chi connectivity index (χ1v) is 7.87. The van der Waals surface area contributed by atoms with Gasteiger partial charge < -0.3 is 14.8 Å². The SMILES string of the molecule is COc1ccc(Nc2nc3c(-c4cnn(C)c4)nccn3n2)cc1OC. The molecule has 0 atom stereocenters. The number of anilines is 2. The zero-order valence-electron chi connectivity index (χ0n) is 14.5. The Morgan fingerprint density at radius 2 is 1.96 bits per heavy atom. The predicted molar refractivity (Wildman–Crippen MR) is 95.8 cm³/mol. The fraction of sp³-hybridized carbons (Fsp3) is 0.176. The summed E-state index contributed by atoms with van der Waals surface area (Å²) in [6.45, 7) is 0. The maximum atomic E-state index is 5.32. The van der Waals surface area contributed by atoms with Crippen LogP contribution in [0.1, 0.15) is 0 Å². The molecule has 9 heteroatoms. The summed E-state index contributed by atoms with van der Waals surface area (Å²) in [7, 11) is 5.05. The van der Waals surface area contributed by atoms with Gasteiger partial charge in [0.2, 0.25) is 5.95 Å². The van der Waals surface area contributed by atoms with Crippen LogP contribution in [0.4, 0.5) is 11.6 Å². The average molecular weight is 351 g/mol. The minimum atomic E-state index is 0.454. The number of aryl methyl sites for hydroxylation is 1. The molecule has 0 aliphatic carbocycles. The number of fused-ring (bicyclic) bond motifs is 1. The Labute approximate surface area is 149 Å². The highest BCUT2D eigenvalue weighted by molar-refractivity contribution is 5.73. The van der Waals surface area contributed by atoms with Crippen molar-refractivity contribution in [1.82, 2.24) is 29.4 Å². The fourth-order valence-corrected chi connectivity index (χ4v) is 2.66. The Balaban J connectivity index is 1.70. The molecule has 0 unspecified atom stereocenters. The van der Waals surface area contributed by atoms with Crippen LogP contribution in [0, 0.1) is 0 Å². The number of nitrogens with one attached hydrogen (secondary N) is 1. The highest BCUT2D eigenvalue weighted by Gasteiger charge is 2.13. The van der Waals surface area contributed by atoms with Gasteiger partial charge in [-0.3, -0.25) is 9.67 Å². The normalized spacial score (nSPS) is 10.9. The van der Waals surface area contributed by atoms with E-state index in [0.29, 0.717) is 28.8 Å². The second-order valence-electron chi connectivity index (χ2n) is 5.58. The van der Waals surface area contributed by atoms with Crippen LogP contribution in [0.2, 0.25) is 0 Å². The van der Waals surface area contributed by atoms with Crippen molar-refractivity contribution >= 4 is 17.3 Å². The Bertz CT molecular complexity index is 1070. The maximum absolute atomic E-state index is 5.32. The summed E-state index contributed by atoms with van der Waals surface area (Å²) in [5.74, 6) is 1.73. The van der Waals surface area contributed by atoms with E-state index in [2.05, 4.69) is 25.5 Å². The summed E-state index contributed by atoms with van der Waals surface area (Å²) >= 11 is 0. The largest absolute Gasteiger partial charge is 0.493 e. The Hall–Kier alpha value is -3.62. The van der Waals surface area contributed by atoms with E-state index in [4.69, 9.17) is 9.47 Å². The molecule has 1 aromatic carbocycles. The van der Waals surface area contributed by atoms with Crippen LogP contribution in [0.25, 0.3) is 16.9 Å². The second-order valence-corrected chi connectivity index (χ2v) is 5.58. The van der Waals surface area contributed by atoms with Crippen LogP contribution in [-0.4, -0.2) is 43.6 Å². The smallest absolute Gasteiger partial charge is 0.247 e. The molecule has 3 aromatic heterocycles. The summed E-state index contributed by atoms with van der Waals surface area (Å²) in [5.41, 5.74) is 3.02. The summed E-state index contributed by atoms with van der Waals surface area (Å²) in [4.78, 5) is 8.98. The summed E-state index contributed by atoms with van der Waals surface area (Å²) in [5, 5.41) is 11.8. The predicted octanol–water partition coefficient (Wildman–Crippen LogP) is 2.29. The first-order chi connectivity index (χ1) is 12.7. The van der Waals surface area contributed by atoms with Crippen LogP contribution in [-0.2, 0) is 7.05 Å². The minimum Gasteiger partial charge on any atom is -0.493 e. The number of aromatic nitrogens is 6. The number of methoxy groups -OCH3 is 2. The average Bonchev–Trinajstić information content (AvgIpc) is 3.26. The van der Waals surface area contributed by atoms with Crippen LogP contribution < -0.4 is 14.8 Å². The Morgan fingerprint density at radius 3 is 2.69 bits per heavy atom. The highest BCUT2D eigenvalue weighted by atomic mass is 16.5. The third kappa shape index (κ3) is 2.79. The van der Waals surface area contributed by atoms with Crippen molar-refractivity contribution in [3.05, 3.63) is 43.0 Å². The van der Waals surface area contributed by atoms with Gasteiger partial charge in [0.1, 0.15) is 5.69 Å². The molecule has 0 spiro atoms. The molecule has 0 saturated heterocycles. The van der Waals surface area contributed by atoms with Crippen molar-refractivity contribution in [3.63, 3.8) is 0 Å². The number of benzene rings is 1. The van der Waals surface area contributed by atoms with Crippen molar-refractivity contribution in [2.45, 2.75) is 0 Å². The van der Waals surface area contributed by atoms with Gasteiger partial charge in [-0.1, -0.05) is 0 Å². The summed E-state index contributed by atoms with van der Waals surface area (Å²) in [6, 6.07) is 5.51. The number of ether oxygens (including phenoxy) is 2. The number of nitrogens with zero attached hydrogens (tertiary/aromatic N) is 6. The Kier molecular flexibility index (Phi) is 3.88. The summed E-state index contributed by atoms with van der Waals surface area (Å²) < 4.78 is 14.0. The zero-order chi connectivity index (χ0) is 18.1. The van der Waals surface area contributed by atoms with Gasteiger partial charge in [0.15, 0.2) is 17.1 Å². The van der Waals surface area contributed by atoms with Gasteiger partial charge in [0, 0.05) is 43.0 Å². The fourth-order valence-electron chi connectivity index (χ4n) is 2.66. The van der Waals surface area contributed by atoms with Crippen LogP contribution >= 0.6 is 0 Å². The van der Waals surface area contributed by atoms with Gasteiger partial charge in [0.25, 0.3) is 0 Å². The topological polar surface area (TPSA) is 91.4 Å². The van der Waals surface area contributed by atoms with E-state index >= 15 is 0 Å². The molecular weight excluding hydrogens is 334 g/mol. The molecule has 0 fully saturated rings. The lowest BCUT2D eigenvalue weighted by Gasteiger charge is -2.09. The molecule has 4 rings (SSSR count). The molecule has 0 bridgehead atoms. The molecule has 1 N–H and O–H groups in total.